The average Bonchev–Trinajstić information content (AvgIpc) is 2.98. The van der Waals surface area contributed by atoms with E-state index in [1.807, 2.05) is 24.3 Å². The van der Waals surface area contributed by atoms with Gasteiger partial charge in [0.15, 0.2) is 0 Å². The Labute approximate surface area is 121 Å². The number of nitrogens with one attached hydrogen (secondary N) is 1. The molecule has 1 unspecified atom stereocenters. The van der Waals surface area contributed by atoms with Crippen molar-refractivity contribution < 1.29 is 9.53 Å². The van der Waals surface area contributed by atoms with Gasteiger partial charge in [0.1, 0.15) is 5.75 Å². The summed E-state index contributed by atoms with van der Waals surface area (Å²) in [5.41, 5.74) is 1.18. The van der Waals surface area contributed by atoms with Crippen LogP contribution in [-0.4, -0.2) is 19.6 Å². The molecule has 1 aliphatic rings. The summed E-state index contributed by atoms with van der Waals surface area (Å²) in [5, 5.41) is 3.08. The van der Waals surface area contributed by atoms with Gasteiger partial charge in [-0.05, 0) is 42.4 Å². The Morgan fingerprint density at radius 3 is 2.55 bits per heavy atom. The summed E-state index contributed by atoms with van der Waals surface area (Å²) < 4.78 is 5.15. The number of benzene rings is 1. The highest BCUT2D eigenvalue weighted by molar-refractivity contribution is 5.76. The molecule has 1 aromatic rings. The van der Waals surface area contributed by atoms with Crippen LogP contribution in [0.3, 0.4) is 0 Å². The Hall–Kier alpha value is -1.51. The topological polar surface area (TPSA) is 38.3 Å². The standard InChI is InChI=1S/C17H25NO2/c1-13(15-7-9-16(20-2)10-8-15)11-17(19)18-12-14-5-3-4-6-14/h7-10,13-14H,3-6,11-12H2,1-2H3,(H,18,19). The highest BCUT2D eigenvalue weighted by Gasteiger charge is 2.17. The van der Waals surface area contributed by atoms with Crippen molar-refractivity contribution in [1.82, 2.24) is 5.32 Å². The van der Waals surface area contributed by atoms with Gasteiger partial charge in [0, 0.05) is 13.0 Å². The van der Waals surface area contributed by atoms with Crippen molar-refractivity contribution in [2.24, 2.45) is 5.92 Å². The van der Waals surface area contributed by atoms with Crippen LogP contribution in [0.25, 0.3) is 0 Å². The second kappa shape index (κ2) is 7.32. The highest BCUT2D eigenvalue weighted by Crippen LogP contribution is 2.24. The molecule has 0 aromatic heterocycles. The zero-order chi connectivity index (χ0) is 14.4. The van der Waals surface area contributed by atoms with E-state index >= 15 is 0 Å². The third-order valence-electron chi connectivity index (χ3n) is 4.24. The van der Waals surface area contributed by atoms with Crippen molar-refractivity contribution in [3.8, 4) is 5.75 Å². The smallest absolute Gasteiger partial charge is 0.220 e. The van der Waals surface area contributed by atoms with Gasteiger partial charge in [-0.1, -0.05) is 31.9 Å². The van der Waals surface area contributed by atoms with Crippen molar-refractivity contribution in [1.29, 1.82) is 0 Å². The Balaban J connectivity index is 1.77. The van der Waals surface area contributed by atoms with Gasteiger partial charge in [-0.15, -0.1) is 0 Å². The van der Waals surface area contributed by atoms with E-state index in [-0.39, 0.29) is 11.8 Å². The maximum absolute atomic E-state index is 12.0. The number of hydrogen-bond acceptors (Lipinski definition) is 2. The predicted octanol–water partition coefficient (Wildman–Crippen LogP) is 3.50. The molecule has 1 aromatic carbocycles. The minimum absolute atomic E-state index is 0.167. The Morgan fingerprint density at radius 1 is 1.30 bits per heavy atom. The van der Waals surface area contributed by atoms with Crippen LogP contribution < -0.4 is 10.1 Å². The number of rotatable bonds is 6. The minimum atomic E-state index is 0.167. The van der Waals surface area contributed by atoms with Crippen LogP contribution in [0.5, 0.6) is 5.75 Å². The van der Waals surface area contributed by atoms with E-state index in [4.69, 9.17) is 4.74 Å². The van der Waals surface area contributed by atoms with Gasteiger partial charge in [0.2, 0.25) is 5.91 Å². The SMILES string of the molecule is COc1ccc(C(C)CC(=O)NCC2CCCC2)cc1. The molecular formula is C17H25NO2. The van der Waals surface area contributed by atoms with E-state index < -0.39 is 0 Å². The van der Waals surface area contributed by atoms with Crippen LogP contribution in [0.4, 0.5) is 0 Å². The van der Waals surface area contributed by atoms with Gasteiger partial charge in [0.25, 0.3) is 0 Å². The normalized spacial score (nSPS) is 16.9. The molecule has 3 heteroatoms. The molecule has 0 radical (unpaired) electrons. The van der Waals surface area contributed by atoms with Gasteiger partial charge < -0.3 is 10.1 Å². The molecule has 1 amide bonds. The fourth-order valence-electron chi connectivity index (χ4n) is 2.87. The number of methoxy groups -OCH3 is 1. The first-order valence-electron chi connectivity index (χ1n) is 7.59. The van der Waals surface area contributed by atoms with Crippen LogP contribution in [0.2, 0.25) is 0 Å². The first-order chi connectivity index (χ1) is 9.69. The van der Waals surface area contributed by atoms with Crippen LogP contribution in [-0.2, 0) is 4.79 Å². The van der Waals surface area contributed by atoms with Crippen molar-refractivity contribution >= 4 is 5.91 Å². The Morgan fingerprint density at radius 2 is 1.95 bits per heavy atom. The predicted molar refractivity (Wildman–Crippen MR) is 81.0 cm³/mol. The van der Waals surface area contributed by atoms with Gasteiger partial charge in [-0.25, -0.2) is 0 Å². The van der Waals surface area contributed by atoms with E-state index in [0.29, 0.717) is 12.3 Å². The van der Waals surface area contributed by atoms with Gasteiger partial charge >= 0.3 is 0 Å². The van der Waals surface area contributed by atoms with E-state index in [9.17, 15) is 4.79 Å². The molecular weight excluding hydrogens is 250 g/mol. The molecule has 2 rings (SSSR count). The van der Waals surface area contributed by atoms with Gasteiger partial charge in [-0.3, -0.25) is 4.79 Å². The summed E-state index contributed by atoms with van der Waals surface area (Å²) in [7, 11) is 1.66. The Kier molecular flexibility index (Phi) is 5.45. The Bertz CT molecular complexity index is 421. The molecule has 3 nitrogen and oxygen atoms in total. The number of hydrogen-bond donors (Lipinski definition) is 1. The van der Waals surface area contributed by atoms with E-state index in [0.717, 1.165) is 12.3 Å². The fraction of sp³-hybridized carbons (Fsp3) is 0.588. The van der Waals surface area contributed by atoms with Crippen molar-refractivity contribution in [2.75, 3.05) is 13.7 Å². The lowest BCUT2D eigenvalue weighted by Gasteiger charge is -2.14. The molecule has 0 heterocycles. The summed E-state index contributed by atoms with van der Waals surface area (Å²) in [5.74, 6) is 1.96. The number of ether oxygens (including phenoxy) is 1. The van der Waals surface area contributed by atoms with Crippen molar-refractivity contribution in [3.05, 3.63) is 29.8 Å². The third-order valence-corrected chi connectivity index (χ3v) is 4.24. The lowest BCUT2D eigenvalue weighted by molar-refractivity contribution is -0.121. The summed E-state index contributed by atoms with van der Waals surface area (Å²) in [6.45, 7) is 2.95. The summed E-state index contributed by atoms with van der Waals surface area (Å²) in [6.07, 6.45) is 5.74. The second-order valence-corrected chi connectivity index (χ2v) is 5.83. The van der Waals surface area contributed by atoms with Gasteiger partial charge in [0.05, 0.1) is 7.11 Å². The molecule has 0 aliphatic heterocycles. The summed E-state index contributed by atoms with van der Waals surface area (Å²) >= 11 is 0. The zero-order valence-electron chi connectivity index (χ0n) is 12.5. The fourth-order valence-corrected chi connectivity index (χ4v) is 2.87. The molecule has 1 atom stereocenters. The quantitative estimate of drug-likeness (QED) is 0.863. The first kappa shape index (κ1) is 14.9. The molecule has 1 saturated carbocycles. The molecule has 1 N–H and O–H groups in total. The van der Waals surface area contributed by atoms with Crippen LogP contribution >= 0.6 is 0 Å². The molecule has 20 heavy (non-hydrogen) atoms. The minimum Gasteiger partial charge on any atom is -0.497 e. The monoisotopic (exact) mass is 275 g/mol. The van der Waals surface area contributed by atoms with Crippen molar-refractivity contribution in [2.45, 2.75) is 44.9 Å². The third kappa shape index (κ3) is 4.26. The number of amides is 1. The molecule has 1 fully saturated rings. The zero-order valence-corrected chi connectivity index (χ0v) is 12.5. The average molecular weight is 275 g/mol. The van der Waals surface area contributed by atoms with Crippen LogP contribution in [0.1, 0.15) is 50.5 Å². The maximum atomic E-state index is 12.0. The number of carbonyl (C=O) groups is 1. The lowest BCUT2D eigenvalue weighted by Crippen LogP contribution is -2.29. The molecule has 0 saturated heterocycles. The van der Waals surface area contributed by atoms with Crippen LogP contribution in [0.15, 0.2) is 24.3 Å². The van der Waals surface area contributed by atoms with E-state index in [1.54, 1.807) is 7.11 Å². The lowest BCUT2D eigenvalue weighted by atomic mass is 9.97. The van der Waals surface area contributed by atoms with Crippen molar-refractivity contribution in [3.63, 3.8) is 0 Å². The molecule has 110 valence electrons. The second-order valence-electron chi connectivity index (χ2n) is 5.83. The molecule has 0 bridgehead atoms. The molecule has 1 aliphatic carbocycles. The van der Waals surface area contributed by atoms with Crippen LogP contribution in [0, 0.1) is 5.92 Å². The largest absolute Gasteiger partial charge is 0.497 e. The van der Waals surface area contributed by atoms with Gasteiger partial charge in [-0.2, -0.15) is 0 Å². The first-order valence-corrected chi connectivity index (χ1v) is 7.59. The molecule has 0 spiro atoms. The maximum Gasteiger partial charge on any atom is 0.220 e. The van der Waals surface area contributed by atoms with E-state index in [2.05, 4.69) is 12.2 Å². The summed E-state index contributed by atoms with van der Waals surface area (Å²) in [4.78, 5) is 12.0. The van der Waals surface area contributed by atoms with E-state index in [1.165, 1.54) is 31.2 Å². The number of carbonyl (C=O) groups excluding carboxylic acids is 1. The highest BCUT2D eigenvalue weighted by atomic mass is 16.5. The summed E-state index contributed by atoms with van der Waals surface area (Å²) in [6, 6.07) is 7.96.